The molecule has 0 spiro atoms. The molecule has 1 saturated heterocycles. The maximum atomic E-state index is 13.0. The van der Waals surface area contributed by atoms with Crippen molar-refractivity contribution in [3.63, 3.8) is 0 Å². The number of hydrogen-bond acceptors (Lipinski definition) is 9. The molecule has 1 aliphatic heterocycles. The molecule has 0 unspecified atom stereocenters. The van der Waals surface area contributed by atoms with Gasteiger partial charge in [-0.25, -0.2) is 4.98 Å². The van der Waals surface area contributed by atoms with Crippen LogP contribution in [-0.2, 0) is 4.79 Å². The SMILES string of the molecule is N#Cc1cnc2cc(Oc3ccncc3)c(NC(=O)/C=C3/CCNC3)cc2c1Nc1ccc(Oc2ccccc2)nc1. The van der Waals surface area contributed by atoms with Crippen molar-refractivity contribution in [3.8, 4) is 29.2 Å². The molecule has 0 atom stereocenters. The number of pyridine rings is 3. The van der Waals surface area contributed by atoms with Crippen LogP contribution in [0.1, 0.15) is 12.0 Å². The van der Waals surface area contributed by atoms with Crippen LogP contribution in [0.25, 0.3) is 10.9 Å². The van der Waals surface area contributed by atoms with Gasteiger partial charge >= 0.3 is 0 Å². The molecule has 5 aromatic rings. The summed E-state index contributed by atoms with van der Waals surface area (Å²) in [7, 11) is 0. The Morgan fingerprint density at radius 3 is 2.55 bits per heavy atom. The highest BCUT2D eigenvalue weighted by atomic mass is 16.5. The van der Waals surface area contributed by atoms with Crippen LogP contribution >= 0.6 is 0 Å². The van der Waals surface area contributed by atoms with Crippen LogP contribution in [0.5, 0.6) is 23.1 Å². The number of rotatable bonds is 8. The molecule has 1 amide bonds. The largest absolute Gasteiger partial charge is 0.455 e. The minimum Gasteiger partial charge on any atom is -0.455 e. The van der Waals surface area contributed by atoms with Gasteiger partial charge in [0.1, 0.15) is 17.6 Å². The zero-order chi connectivity index (χ0) is 28.7. The molecule has 10 nitrogen and oxygen atoms in total. The molecule has 4 heterocycles. The predicted molar refractivity (Wildman–Crippen MR) is 159 cm³/mol. The first-order valence-electron chi connectivity index (χ1n) is 13.3. The maximum absolute atomic E-state index is 13.0. The predicted octanol–water partition coefficient (Wildman–Crippen LogP) is 6.08. The number of para-hydroxylation sites is 1. The first-order valence-corrected chi connectivity index (χ1v) is 13.3. The molecule has 1 fully saturated rings. The summed E-state index contributed by atoms with van der Waals surface area (Å²) in [5.74, 6) is 1.79. The quantitative estimate of drug-likeness (QED) is 0.195. The molecular weight excluding hydrogens is 530 g/mol. The van der Waals surface area contributed by atoms with Crippen LogP contribution in [-0.4, -0.2) is 33.9 Å². The summed E-state index contributed by atoms with van der Waals surface area (Å²) in [5, 5.41) is 20.0. The van der Waals surface area contributed by atoms with Gasteiger partial charge in [-0.1, -0.05) is 18.2 Å². The first kappa shape index (κ1) is 26.4. The summed E-state index contributed by atoms with van der Waals surface area (Å²) in [4.78, 5) is 25.9. The number of anilines is 3. The van der Waals surface area contributed by atoms with Crippen molar-refractivity contribution in [3.05, 3.63) is 109 Å². The van der Waals surface area contributed by atoms with Gasteiger partial charge in [0.25, 0.3) is 0 Å². The lowest BCUT2D eigenvalue weighted by molar-refractivity contribution is -0.112. The van der Waals surface area contributed by atoms with Gasteiger partial charge in [-0.15, -0.1) is 0 Å². The molecule has 3 N–H and O–H groups in total. The highest BCUT2D eigenvalue weighted by Gasteiger charge is 2.17. The molecular formula is C32H25N7O3. The van der Waals surface area contributed by atoms with E-state index < -0.39 is 0 Å². The van der Waals surface area contributed by atoms with Crippen LogP contribution in [0.4, 0.5) is 17.1 Å². The second-order valence-corrected chi connectivity index (χ2v) is 9.45. The fourth-order valence-corrected chi connectivity index (χ4v) is 4.49. The third-order valence-corrected chi connectivity index (χ3v) is 6.51. The monoisotopic (exact) mass is 555 g/mol. The van der Waals surface area contributed by atoms with Crippen LogP contribution < -0.4 is 25.4 Å². The molecule has 1 aliphatic rings. The van der Waals surface area contributed by atoms with E-state index in [2.05, 4.69) is 37.0 Å². The summed E-state index contributed by atoms with van der Waals surface area (Å²) in [6.45, 7) is 1.52. The smallest absolute Gasteiger partial charge is 0.248 e. The minimum atomic E-state index is -0.273. The van der Waals surface area contributed by atoms with E-state index in [1.165, 1.54) is 6.20 Å². The summed E-state index contributed by atoms with van der Waals surface area (Å²) in [6, 6.07) is 22.1. The first-order chi connectivity index (χ1) is 20.6. The molecule has 0 saturated carbocycles. The van der Waals surface area contributed by atoms with E-state index in [-0.39, 0.29) is 5.91 Å². The van der Waals surface area contributed by atoms with E-state index in [9.17, 15) is 10.1 Å². The number of nitriles is 1. The van der Waals surface area contributed by atoms with Crippen molar-refractivity contribution in [1.82, 2.24) is 20.3 Å². The van der Waals surface area contributed by atoms with Crippen molar-refractivity contribution in [2.75, 3.05) is 23.7 Å². The zero-order valence-corrected chi connectivity index (χ0v) is 22.4. The standard InChI is InChI=1S/C32H25N7O3/c33-17-22-19-36-27-16-29(41-25-9-12-34-13-10-25)28(39-30(40)14-21-8-11-35-18-21)15-26(27)32(22)38-23-6-7-31(37-20-23)42-24-4-2-1-3-5-24/h1-7,9-10,12-16,19-20,35H,8,11,18H2,(H,36,38)(H,39,40)/b21-14-. The lowest BCUT2D eigenvalue weighted by atomic mass is 10.1. The van der Waals surface area contributed by atoms with Crippen molar-refractivity contribution < 1.29 is 14.3 Å². The number of amides is 1. The highest BCUT2D eigenvalue weighted by Crippen LogP contribution is 2.38. The lowest BCUT2D eigenvalue weighted by Gasteiger charge is -2.16. The Morgan fingerprint density at radius 1 is 0.976 bits per heavy atom. The number of carbonyl (C=O) groups is 1. The Labute approximate surface area is 241 Å². The second-order valence-electron chi connectivity index (χ2n) is 9.45. The molecule has 2 aromatic carbocycles. The Bertz CT molecular complexity index is 1790. The van der Waals surface area contributed by atoms with Crippen molar-refractivity contribution in [1.29, 1.82) is 5.26 Å². The van der Waals surface area contributed by atoms with Gasteiger partial charge < -0.3 is 25.4 Å². The Kier molecular flexibility index (Phi) is 7.65. The molecule has 42 heavy (non-hydrogen) atoms. The van der Waals surface area contributed by atoms with E-state index in [1.807, 2.05) is 36.4 Å². The van der Waals surface area contributed by atoms with Crippen LogP contribution in [0, 0.1) is 11.3 Å². The molecule has 3 aromatic heterocycles. The van der Waals surface area contributed by atoms with Crippen molar-refractivity contribution in [2.24, 2.45) is 0 Å². The van der Waals surface area contributed by atoms with E-state index in [4.69, 9.17) is 9.47 Å². The number of ether oxygens (including phenoxy) is 2. The minimum absolute atomic E-state index is 0.273. The van der Waals surface area contributed by atoms with Gasteiger partial charge in [-0.2, -0.15) is 5.26 Å². The number of nitrogens with one attached hydrogen (secondary N) is 3. The Morgan fingerprint density at radius 2 is 1.81 bits per heavy atom. The van der Waals surface area contributed by atoms with Crippen LogP contribution in [0.2, 0.25) is 0 Å². The van der Waals surface area contributed by atoms with Gasteiger partial charge in [0.05, 0.1) is 34.3 Å². The summed E-state index contributed by atoms with van der Waals surface area (Å²) < 4.78 is 11.9. The van der Waals surface area contributed by atoms with Gasteiger partial charge in [-0.05, 0) is 54.9 Å². The average Bonchev–Trinajstić information content (AvgIpc) is 3.53. The van der Waals surface area contributed by atoms with Crippen LogP contribution in [0.3, 0.4) is 0 Å². The Balaban J connectivity index is 1.35. The number of hydrogen-bond donors (Lipinski definition) is 3. The molecule has 206 valence electrons. The molecule has 0 aliphatic carbocycles. The van der Waals surface area contributed by atoms with E-state index >= 15 is 0 Å². The normalized spacial score (nSPS) is 13.5. The van der Waals surface area contributed by atoms with Gasteiger partial charge in [-0.3, -0.25) is 14.8 Å². The average molecular weight is 556 g/mol. The fourth-order valence-electron chi connectivity index (χ4n) is 4.49. The maximum Gasteiger partial charge on any atom is 0.248 e. The fraction of sp³-hybridized carbons (Fsp3) is 0.0938. The third kappa shape index (κ3) is 6.17. The summed E-state index contributed by atoms with van der Waals surface area (Å²) >= 11 is 0. The topological polar surface area (TPSA) is 134 Å². The number of carbonyl (C=O) groups excluding carboxylic acids is 1. The number of benzene rings is 2. The molecule has 10 heteroatoms. The van der Waals surface area contributed by atoms with E-state index in [0.717, 1.165) is 18.5 Å². The van der Waals surface area contributed by atoms with Crippen molar-refractivity contribution in [2.45, 2.75) is 6.42 Å². The van der Waals surface area contributed by atoms with E-state index in [0.29, 0.717) is 63.2 Å². The van der Waals surface area contributed by atoms with Crippen LogP contribution in [0.15, 0.2) is 103 Å². The van der Waals surface area contributed by atoms with Crippen molar-refractivity contribution >= 4 is 33.9 Å². The third-order valence-electron chi connectivity index (χ3n) is 6.51. The second kappa shape index (κ2) is 12.2. The van der Waals surface area contributed by atoms with Gasteiger partial charge in [0.2, 0.25) is 11.8 Å². The zero-order valence-electron chi connectivity index (χ0n) is 22.4. The summed E-state index contributed by atoms with van der Waals surface area (Å²) in [6.07, 6.45) is 8.78. The molecule has 0 radical (unpaired) electrons. The number of fused-ring (bicyclic) bond motifs is 1. The molecule has 6 rings (SSSR count). The molecule has 0 bridgehead atoms. The number of nitrogens with zero attached hydrogens (tertiary/aromatic N) is 4. The Hall–Kier alpha value is -5.79. The lowest BCUT2D eigenvalue weighted by Crippen LogP contribution is -2.11. The highest BCUT2D eigenvalue weighted by molar-refractivity contribution is 6.05. The van der Waals surface area contributed by atoms with Gasteiger partial charge in [0.15, 0.2) is 5.75 Å². The number of aromatic nitrogens is 3. The van der Waals surface area contributed by atoms with E-state index in [1.54, 1.807) is 55.0 Å². The summed E-state index contributed by atoms with van der Waals surface area (Å²) in [5.41, 5.74) is 3.50. The van der Waals surface area contributed by atoms with Gasteiger partial charge in [0, 0.05) is 48.7 Å².